The lowest BCUT2D eigenvalue weighted by molar-refractivity contribution is -0.135. The van der Waals surface area contributed by atoms with Crippen LogP contribution >= 0.6 is 0 Å². The average Bonchev–Trinajstić information content (AvgIpc) is 3.09. The quantitative estimate of drug-likeness (QED) is 0.870. The Bertz CT molecular complexity index is 594. The summed E-state index contributed by atoms with van der Waals surface area (Å²) in [5.41, 5.74) is 1.09. The predicted octanol–water partition coefficient (Wildman–Crippen LogP) is 3.07. The van der Waals surface area contributed by atoms with Crippen LogP contribution in [0.3, 0.4) is 0 Å². The van der Waals surface area contributed by atoms with E-state index >= 15 is 0 Å². The molecule has 1 fully saturated rings. The lowest BCUT2D eigenvalue weighted by Gasteiger charge is -2.39. The maximum absolute atomic E-state index is 12.8. The van der Waals surface area contributed by atoms with Crippen molar-refractivity contribution in [1.82, 2.24) is 14.5 Å². The normalized spacial score (nSPS) is 19.9. The summed E-state index contributed by atoms with van der Waals surface area (Å²) in [5, 5.41) is 0. The first-order chi connectivity index (χ1) is 10.8. The number of imidazole rings is 1. The molecule has 0 radical (unpaired) electrons. The van der Waals surface area contributed by atoms with Crippen molar-refractivity contribution in [3.8, 4) is 0 Å². The van der Waals surface area contributed by atoms with E-state index in [4.69, 9.17) is 0 Å². The summed E-state index contributed by atoms with van der Waals surface area (Å²) >= 11 is 0. The molecule has 2 unspecified atom stereocenters. The zero-order chi connectivity index (χ0) is 15.4. The van der Waals surface area contributed by atoms with Gasteiger partial charge < -0.3 is 9.47 Å². The van der Waals surface area contributed by atoms with Crippen LogP contribution in [0.5, 0.6) is 0 Å². The Morgan fingerprint density at radius 2 is 2.14 bits per heavy atom. The summed E-state index contributed by atoms with van der Waals surface area (Å²) in [6.07, 6.45) is 9.49. The van der Waals surface area contributed by atoms with Crippen LogP contribution < -0.4 is 0 Å². The molecule has 1 aromatic heterocycles. The topological polar surface area (TPSA) is 38.1 Å². The van der Waals surface area contributed by atoms with Crippen LogP contribution in [0.25, 0.3) is 0 Å². The molecule has 0 bridgehead atoms. The number of nitrogens with zero attached hydrogens (tertiary/aromatic N) is 3. The number of amides is 1. The Morgan fingerprint density at radius 3 is 2.86 bits per heavy atom. The third-order valence-corrected chi connectivity index (χ3v) is 4.62. The van der Waals surface area contributed by atoms with Gasteiger partial charge in [0.2, 0.25) is 5.91 Å². The van der Waals surface area contributed by atoms with Crippen molar-refractivity contribution in [2.75, 3.05) is 6.54 Å². The van der Waals surface area contributed by atoms with Gasteiger partial charge in [0.1, 0.15) is 0 Å². The van der Waals surface area contributed by atoms with E-state index in [0.717, 1.165) is 24.9 Å². The molecule has 116 valence electrons. The minimum Gasteiger partial charge on any atom is -0.337 e. The number of aromatic nitrogens is 2. The minimum absolute atomic E-state index is 0.239. The van der Waals surface area contributed by atoms with Crippen molar-refractivity contribution in [1.29, 1.82) is 0 Å². The number of benzene rings is 1. The van der Waals surface area contributed by atoms with Crippen molar-refractivity contribution in [2.45, 2.75) is 44.7 Å². The predicted molar refractivity (Wildman–Crippen MR) is 86.4 cm³/mol. The molecule has 4 nitrogen and oxygen atoms in total. The Morgan fingerprint density at radius 1 is 1.32 bits per heavy atom. The zero-order valence-corrected chi connectivity index (χ0v) is 13.1. The first-order valence-electron chi connectivity index (χ1n) is 8.06. The number of likely N-dealkylation sites (tertiary alicyclic amines) is 1. The maximum atomic E-state index is 12.8. The molecule has 2 atom stereocenters. The van der Waals surface area contributed by atoms with Crippen LogP contribution in [0.4, 0.5) is 0 Å². The van der Waals surface area contributed by atoms with E-state index in [9.17, 15) is 4.79 Å². The van der Waals surface area contributed by atoms with Crippen LogP contribution in [0.1, 0.15) is 37.8 Å². The fraction of sp³-hybridized carbons (Fsp3) is 0.444. The van der Waals surface area contributed by atoms with Crippen LogP contribution in [-0.2, 0) is 11.2 Å². The summed E-state index contributed by atoms with van der Waals surface area (Å²) in [6, 6.07) is 10.5. The fourth-order valence-corrected chi connectivity index (χ4v) is 3.35. The van der Waals surface area contributed by atoms with Gasteiger partial charge in [-0.25, -0.2) is 4.98 Å². The monoisotopic (exact) mass is 297 g/mol. The first-order valence-corrected chi connectivity index (χ1v) is 8.06. The van der Waals surface area contributed by atoms with Gasteiger partial charge in [-0.2, -0.15) is 0 Å². The molecule has 1 aliphatic rings. The Kier molecular flexibility index (Phi) is 4.56. The molecule has 4 heteroatoms. The SMILES string of the molecule is CC(C1CCCCN1C(=O)Cc1ccccc1)n1ccnc1. The Balaban J connectivity index is 1.73. The standard InChI is InChI=1S/C18H23N3O/c1-15(20-12-10-19-14-20)17-9-5-6-11-21(17)18(22)13-16-7-3-2-4-8-16/h2-4,7-8,10,12,14-15,17H,5-6,9,11,13H2,1H3. The Labute approximate surface area is 131 Å². The van der Waals surface area contributed by atoms with Crippen molar-refractivity contribution >= 4 is 5.91 Å². The number of hydrogen-bond acceptors (Lipinski definition) is 2. The highest BCUT2D eigenvalue weighted by Crippen LogP contribution is 2.27. The van der Waals surface area contributed by atoms with Gasteiger partial charge in [-0.05, 0) is 31.7 Å². The molecule has 2 heterocycles. The molecule has 22 heavy (non-hydrogen) atoms. The lowest BCUT2D eigenvalue weighted by atomic mass is 9.95. The molecule has 1 aliphatic heterocycles. The fourth-order valence-electron chi connectivity index (χ4n) is 3.35. The van der Waals surface area contributed by atoms with E-state index in [2.05, 4.69) is 21.4 Å². The van der Waals surface area contributed by atoms with E-state index in [-0.39, 0.29) is 18.0 Å². The molecular weight excluding hydrogens is 274 g/mol. The molecule has 2 aromatic rings. The van der Waals surface area contributed by atoms with E-state index < -0.39 is 0 Å². The van der Waals surface area contributed by atoms with Gasteiger partial charge in [-0.3, -0.25) is 4.79 Å². The lowest BCUT2D eigenvalue weighted by Crippen LogP contribution is -2.47. The van der Waals surface area contributed by atoms with Crippen molar-refractivity contribution < 1.29 is 4.79 Å². The summed E-state index contributed by atoms with van der Waals surface area (Å²) in [5.74, 6) is 0.239. The van der Waals surface area contributed by atoms with Crippen molar-refractivity contribution in [3.05, 3.63) is 54.6 Å². The molecule has 1 saturated heterocycles. The second-order valence-corrected chi connectivity index (χ2v) is 6.06. The van der Waals surface area contributed by atoms with Crippen molar-refractivity contribution in [3.63, 3.8) is 0 Å². The second kappa shape index (κ2) is 6.77. The van der Waals surface area contributed by atoms with Gasteiger partial charge in [-0.1, -0.05) is 30.3 Å². The second-order valence-electron chi connectivity index (χ2n) is 6.06. The highest BCUT2D eigenvalue weighted by Gasteiger charge is 2.31. The first kappa shape index (κ1) is 14.8. The van der Waals surface area contributed by atoms with Gasteiger partial charge in [-0.15, -0.1) is 0 Å². The molecule has 0 N–H and O–H groups in total. The van der Waals surface area contributed by atoms with Crippen LogP contribution in [0.15, 0.2) is 49.1 Å². The highest BCUT2D eigenvalue weighted by atomic mass is 16.2. The van der Waals surface area contributed by atoms with Gasteiger partial charge in [0.25, 0.3) is 0 Å². The maximum Gasteiger partial charge on any atom is 0.227 e. The van der Waals surface area contributed by atoms with E-state index in [1.807, 2.05) is 42.9 Å². The number of hydrogen-bond donors (Lipinski definition) is 0. The molecule has 0 aliphatic carbocycles. The van der Waals surface area contributed by atoms with E-state index in [1.165, 1.54) is 6.42 Å². The molecular formula is C18H23N3O. The van der Waals surface area contributed by atoms with Crippen LogP contribution in [0.2, 0.25) is 0 Å². The highest BCUT2D eigenvalue weighted by molar-refractivity contribution is 5.79. The van der Waals surface area contributed by atoms with Gasteiger partial charge in [0.05, 0.1) is 24.8 Å². The number of piperidine rings is 1. The number of rotatable bonds is 4. The summed E-state index contributed by atoms with van der Waals surface area (Å²) in [7, 11) is 0. The number of carbonyl (C=O) groups is 1. The largest absolute Gasteiger partial charge is 0.337 e. The van der Waals surface area contributed by atoms with Gasteiger partial charge in [0, 0.05) is 18.9 Å². The number of carbonyl (C=O) groups excluding carboxylic acids is 1. The summed E-state index contributed by atoms with van der Waals surface area (Å²) < 4.78 is 2.11. The molecule has 3 rings (SSSR count). The summed E-state index contributed by atoms with van der Waals surface area (Å²) in [4.78, 5) is 19.0. The van der Waals surface area contributed by atoms with Crippen molar-refractivity contribution in [2.24, 2.45) is 0 Å². The molecule has 1 aromatic carbocycles. The third-order valence-electron chi connectivity index (χ3n) is 4.62. The smallest absolute Gasteiger partial charge is 0.227 e. The third kappa shape index (κ3) is 3.21. The van der Waals surface area contributed by atoms with Crippen LogP contribution in [0, 0.1) is 0 Å². The summed E-state index contributed by atoms with van der Waals surface area (Å²) in [6.45, 7) is 3.05. The molecule has 0 spiro atoms. The van der Waals surface area contributed by atoms with Crippen LogP contribution in [-0.4, -0.2) is 32.9 Å². The van der Waals surface area contributed by atoms with E-state index in [0.29, 0.717) is 6.42 Å². The zero-order valence-electron chi connectivity index (χ0n) is 13.1. The average molecular weight is 297 g/mol. The molecule has 0 saturated carbocycles. The van der Waals surface area contributed by atoms with Gasteiger partial charge >= 0.3 is 0 Å². The van der Waals surface area contributed by atoms with Gasteiger partial charge in [0.15, 0.2) is 0 Å². The molecule has 1 amide bonds. The minimum atomic E-state index is 0.239. The van der Waals surface area contributed by atoms with E-state index in [1.54, 1.807) is 6.20 Å². The Hall–Kier alpha value is -2.10.